The number of morpholine rings is 1. The molecule has 0 saturated carbocycles. The van der Waals surface area contributed by atoms with Crippen molar-refractivity contribution in [2.75, 3.05) is 26.3 Å². The molecule has 1 aliphatic heterocycles. The van der Waals surface area contributed by atoms with Crippen molar-refractivity contribution in [1.29, 1.82) is 0 Å². The molecule has 2 aliphatic rings. The van der Waals surface area contributed by atoms with Gasteiger partial charge in [0.15, 0.2) is 0 Å². The summed E-state index contributed by atoms with van der Waals surface area (Å²) in [7, 11) is 0. The number of allylic oxidation sites excluding steroid dienone is 2. The van der Waals surface area contributed by atoms with Gasteiger partial charge in [0, 0.05) is 19.1 Å². The van der Waals surface area contributed by atoms with Gasteiger partial charge in [-0.2, -0.15) is 0 Å². The first-order chi connectivity index (χ1) is 7.25. The molecule has 2 rings (SSSR count). The zero-order valence-corrected chi connectivity index (χ0v) is 10.0. The fourth-order valence-electron chi connectivity index (χ4n) is 2.55. The Labute approximate surface area is 93.3 Å². The monoisotopic (exact) mass is 209 g/mol. The highest BCUT2D eigenvalue weighted by Crippen LogP contribution is 2.24. The van der Waals surface area contributed by atoms with Gasteiger partial charge in [-0.1, -0.05) is 11.6 Å². The molecule has 1 fully saturated rings. The van der Waals surface area contributed by atoms with Crippen molar-refractivity contribution in [2.45, 2.75) is 39.2 Å². The summed E-state index contributed by atoms with van der Waals surface area (Å²) in [6.07, 6.45) is 6.41. The quantitative estimate of drug-likeness (QED) is 0.648. The van der Waals surface area contributed by atoms with Gasteiger partial charge >= 0.3 is 0 Å². The Morgan fingerprint density at radius 2 is 2.40 bits per heavy atom. The number of ether oxygens (including phenoxy) is 1. The van der Waals surface area contributed by atoms with Gasteiger partial charge in [0.05, 0.1) is 13.2 Å². The lowest BCUT2D eigenvalue weighted by atomic mass is 9.89. The maximum absolute atomic E-state index is 5.46. The van der Waals surface area contributed by atoms with E-state index in [1.165, 1.54) is 25.8 Å². The van der Waals surface area contributed by atoms with Crippen LogP contribution in [0.15, 0.2) is 11.6 Å². The van der Waals surface area contributed by atoms with E-state index in [1.807, 2.05) is 0 Å². The molecule has 0 radical (unpaired) electrons. The highest BCUT2D eigenvalue weighted by Gasteiger charge is 2.22. The smallest absolute Gasteiger partial charge is 0.0619 e. The minimum atomic E-state index is 0.616. The van der Waals surface area contributed by atoms with Crippen molar-refractivity contribution in [2.24, 2.45) is 5.92 Å². The highest BCUT2D eigenvalue weighted by molar-refractivity contribution is 5.03. The molecule has 0 spiro atoms. The lowest BCUT2D eigenvalue weighted by molar-refractivity contribution is -0.00785. The second-order valence-corrected chi connectivity index (χ2v) is 5.11. The summed E-state index contributed by atoms with van der Waals surface area (Å²) in [5, 5.41) is 0. The summed E-state index contributed by atoms with van der Waals surface area (Å²) < 4.78 is 5.46. The van der Waals surface area contributed by atoms with Crippen LogP contribution in [0.25, 0.3) is 0 Å². The first-order valence-corrected chi connectivity index (χ1v) is 6.23. The van der Waals surface area contributed by atoms with Crippen molar-refractivity contribution >= 4 is 0 Å². The SMILES string of the molecule is CC1=CC[C@H](CN2CCOC[C@@H]2C)CC1. The molecule has 2 heteroatoms. The maximum Gasteiger partial charge on any atom is 0.0619 e. The van der Waals surface area contributed by atoms with Crippen molar-refractivity contribution in [3.63, 3.8) is 0 Å². The minimum absolute atomic E-state index is 0.616. The van der Waals surface area contributed by atoms with Gasteiger partial charge in [-0.3, -0.25) is 4.90 Å². The fraction of sp³-hybridized carbons (Fsp3) is 0.846. The summed E-state index contributed by atoms with van der Waals surface area (Å²) in [6.45, 7) is 8.78. The molecule has 0 N–H and O–H groups in total. The third kappa shape index (κ3) is 3.05. The lowest BCUT2D eigenvalue weighted by Gasteiger charge is -2.36. The second kappa shape index (κ2) is 5.13. The van der Waals surface area contributed by atoms with Crippen LogP contribution in [-0.4, -0.2) is 37.2 Å². The van der Waals surface area contributed by atoms with Gasteiger partial charge in [-0.25, -0.2) is 0 Å². The van der Waals surface area contributed by atoms with Crippen LogP contribution in [-0.2, 0) is 4.74 Å². The molecule has 0 bridgehead atoms. The topological polar surface area (TPSA) is 12.5 Å². The van der Waals surface area contributed by atoms with Crippen molar-refractivity contribution in [1.82, 2.24) is 4.90 Å². The first kappa shape index (κ1) is 11.2. The van der Waals surface area contributed by atoms with Crippen LogP contribution in [0, 0.1) is 5.92 Å². The molecule has 1 heterocycles. The van der Waals surface area contributed by atoms with E-state index in [4.69, 9.17) is 4.74 Å². The van der Waals surface area contributed by atoms with Gasteiger partial charge in [0.1, 0.15) is 0 Å². The highest BCUT2D eigenvalue weighted by atomic mass is 16.5. The van der Waals surface area contributed by atoms with E-state index in [2.05, 4.69) is 24.8 Å². The van der Waals surface area contributed by atoms with Gasteiger partial charge in [0.2, 0.25) is 0 Å². The minimum Gasteiger partial charge on any atom is -0.379 e. The van der Waals surface area contributed by atoms with Gasteiger partial charge in [0.25, 0.3) is 0 Å². The van der Waals surface area contributed by atoms with E-state index in [1.54, 1.807) is 5.57 Å². The predicted molar refractivity (Wildman–Crippen MR) is 63.0 cm³/mol. The molecule has 1 saturated heterocycles. The number of rotatable bonds is 2. The van der Waals surface area contributed by atoms with Crippen molar-refractivity contribution in [3.05, 3.63) is 11.6 Å². The van der Waals surface area contributed by atoms with Crippen LogP contribution < -0.4 is 0 Å². The lowest BCUT2D eigenvalue weighted by Crippen LogP contribution is -2.45. The average Bonchev–Trinajstić information content (AvgIpc) is 2.25. The summed E-state index contributed by atoms with van der Waals surface area (Å²) in [4.78, 5) is 2.60. The molecule has 0 aromatic carbocycles. The Morgan fingerprint density at radius 3 is 3.07 bits per heavy atom. The van der Waals surface area contributed by atoms with Crippen molar-refractivity contribution < 1.29 is 4.74 Å². The summed E-state index contributed by atoms with van der Waals surface area (Å²) >= 11 is 0. The van der Waals surface area contributed by atoms with Crippen LogP contribution in [0.1, 0.15) is 33.1 Å². The first-order valence-electron chi connectivity index (χ1n) is 6.23. The van der Waals surface area contributed by atoms with E-state index in [0.29, 0.717) is 6.04 Å². The third-order valence-corrected chi connectivity index (χ3v) is 3.74. The molecule has 0 aromatic rings. The van der Waals surface area contributed by atoms with Crippen molar-refractivity contribution in [3.8, 4) is 0 Å². The Balaban J connectivity index is 1.81. The normalized spacial score (nSPS) is 33.9. The van der Waals surface area contributed by atoms with Gasteiger partial charge in [-0.05, 0) is 39.0 Å². The second-order valence-electron chi connectivity index (χ2n) is 5.11. The molecular weight excluding hydrogens is 186 g/mol. The van der Waals surface area contributed by atoms with Crippen LogP contribution in [0.4, 0.5) is 0 Å². The third-order valence-electron chi connectivity index (χ3n) is 3.74. The molecule has 2 atom stereocenters. The van der Waals surface area contributed by atoms with E-state index in [0.717, 1.165) is 25.7 Å². The van der Waals surface area contributed by atoms with E-state index in [9.17, 15) is 0 Å². The molecule has 15 heavy (non-hydrogen) atoms. The Hall–Kier alpha value is -0.340. The Bertz CT molecular complexity index is 237. The van der Waals surface area contributed by atoms with Gasteiger partial charge in [-0.15, -0.1) is 0 Å². The zero-order chi connectivity index (χ0) is 10.7. The molecule has 0 amide bonds. The van der Waals surface area contributed by atoms with Crippen LogP contribution in [0.2, 0.25) is 0 Å². The number of hydrogen-bond acceptors (Lipinski definition) is 2. The average molecular weight is 209 g/mol. The molecular formula is C13H23NO. The molecule has 1 aliphatic carbocycles. The molecule has 0 aromatic heterocycles. The van der Waals surface area contributed by atoms with E-state index < -0.39 is 0 Å². The van der Waals surface area contributed by atoms with Crippen LogP contribution in [0.5, 0.6) is 0 Å². The Kier molecular flexibility index (Phi) is 3.81. The molecule has 86 valence electrons. The van der Waals surface area contributed by atoms with Crippen LogP contribution in [0.3, 0.4) is 0 Å². The number of hydrogen-bond donors (Lipinski definition) is 0. The molecule has 0 unspecified atom stereocenters. The number of nitrogens with zero attached hydrogens (tertiary/aromatic N) is 1. The Morgan fingerprint density at radius 1 is 1.53 bits per heavy atom. The summed E-state index contributed by atoms with van der Waals surface area (Å²) in [6, 6.07) is 0.616. The zero-order valence-electron chi connectivity index (χ0n) is 10.0. The predicted octanol–water partition coefficient (Wildman–Crippen LogP) is 2.45. The summed E-state index contributed by atoms with van der Waals surface area (Å²) in [5.41, 5.74) is 1.58. The maximum atomic E-state index is 5.46. The fourth-order valence-corrected chi connectivity index (χ4v) is 2.55. The molecule has 2 nitrogen and oxygen atoms in total. The summed E-state index contributed by atoms with van der Waals surface area (Å²) in [5.74, 6) is 0.884. The largest absolute Gasteiger partial charge is 0.379 e. The standard InChI is InChI=1S/C13H23NO/c1-11-3-5-13(6-4-11)9-14-7-8-15-10-12(14)2/h3,12-13H,4-10H2,1-2H3/t12-,13-/m0/s1. The van der Waals surface area contributed by atoms with Gasteiger partial charge < -0.3 is 4.74 Å². The van der Waals surface area contributed by atoms with E-state index in [-0.39, 0.29) is 0 Å². The van der Waals surface area contributed by atoms with E-state index >= 15 is 0 Å². The van der Waals surface area contributed by atoms with Crippen LogP contribution >= 0.6 is 0 Å².